The van der Waals surface area contributed by atoms with Gasteiger partial charge in [-0.2, -0.15) is 0 Å². The zero-order valence-electron chi connectivity index (χ0n) is 12.3. The largest absolute Gasteiger partial charge is 0.493 e. The molecule has 2 atom stereocenters. The predicted octanol–water partition coefficient (Wildman–Crippen LogP) is 1.96. The van der Waals surface area contributed by atoms with Crippen molar-refractivity contribution in [1.29, 1.82) is 0 Å². The van der Waals surface area contributed by atoms with Crippen LogP contribution < -0.4 is 10.5 Å². The monoisotopic (exact) mass is 276 g/mol. The summed E-state index contributed by atoms with van der Waals surface area (Å²) in [6.45, 7) is 6.09. The van der Waals surface area contributed by atoms with Crippen LogP contribution in [0.4, 0.5) is 0 Å². The van der Waals surface area contributed by atoms with Gasteiger partial charge in [0.05, 0.1) is 13.0 Å². The van der Waals surface area contributed by atoms with E-state index in [1.807, 2.05) is 43.0 Å². The number of rotatable bonds is 5. The number of likely N-dealkylation sites (tertiary alicyclic amines) is 1. The maximum Gasteiger partial charge on any atom is 0.226 e. The van der Waals surface area contributed by atoms with E-state index < -0.39 is 0 Å². The van der Waals surface area contributed by atoms with Crippen molar-refractivity contribution in [2.75, 3.05) is 19.7 Å². The number of carbonyl (C=O) groups excluding carboxylic acids is 1. The average Bonchev–Trinajstić information content (AvgIpc) is 2.88. The van der Waals surface area contributed by atoms with Gasteiger partial charge in [-0.25, -0.2) is 0 Å². The fourth-order valence-corrected chi connectivity index (χ4v) is 2.56. The molecule has 1 aliphatic rings. The number of hydrogen-bond acceptors (Lipinski definition) is 3. The van der Waals surface area contributed by atoms with Gasteiger partial charge in [0.1, 0.15) is 5.75 Å². The Morgan fingerprint density at radius 2 is 2.35 bits per heavy atom. The summed E-state index contributed by atoms with van der Waals surface area (Å²) < 4.78 is 5.62. The van der Waals surface area contributed by atoms with E-state index >= 15 is 0 Å². The molecule has 1 aromatic carbocycles. The Bertz CT molecular complexity index is 460. The lowest BCUT2D eigenvalue weighted by atomic mass is 10.0. The van der Waals surface area contributed by atoms with Crippen LogP contribution in [0, 0.1) is 12.8 Å². The molecule has 2 rings (SSSR count). The van der Waals surface area contributed by atoms with Crippen molar-refractivity contribution in [3.63, 3.8) is 0 Å². The first-order chi connectivity index (χ1) is 9.56. The Balaban J connectivity index is 1.73. The molecule has 0 bridgehead atoms. The van der Waals surface area contributed by atoms with Crippen LogP contribution in [0.2, 0.25) is 0 Å². The fraction of sp³-hybridized carbons (Fsp3) is 0.562. The first-order valence-electron chi connectivity index (χ1n) is 7.29. The van der Waals surface area contributed by atoms with Crippen molar-refractivity contribution in [3.05, 3.63) is 29.8 Å². The SMILES string of the molecule is Cc1cccc(OCCC(=O)N2CCC(C(C)N)C2)c1. The summed E-state index contributed by atoms with van der Waals surface area (Å²) in [7, 11) is 0. The molecule has 1 heterocycles. The van der Waals surface area contributed by atoms with E-state index in [0.717, 1.165) is 30.8 Å². The first-order valence-corrected chi connectivity index (χ1v) is 7.29. The smallest absolute Gasteiger partial charge is 0.226 e. The fourth-order valence-electron chi connectivity index (χ4n) is 2.56. The van der Waals surface area contributed by atoms with Crippen molar-refractivity contribution in [3.8, 4) is 5.75 Å². The van der Waals surface area contributed by atoms with Gasteiger partial charge in [-0.1, -0.05) is 12.1 Å². The summed E-state index contributed by atoms with van der Waals surface area (Å²) in [5, 5.41) is 0. The number of ether oxygens (including phenoxy) is 1. The number of benzene rings is 1. The number of hydrogen-bond donors (Lipinski definition) is 1. The second-order valence-corrected chi connectivity index (χ2v) is 5.66. The summed E-state index contributed by atoms with van der Waals surface area (Å²) in [5.41, 5.74) is 7.05. The molecular formula is C16H24N2O2. The molecule has 110 valence electrons. The van der Waals surface area contributed by atoms with Gasteiger partial charge in [-0.05, 0) is 43.9 Å². The van der Waals surface area contributed by atoms with Gasteiger partial charge in [0.25, 0.3) is 0 Å². The summed E-state index contributed by atoms with van der Waals surface area (Å²) in [4.78, 5) is 14.0. The van der Waals surface area contributed by atoms with Crippen LogP contribution >= 0.6 is 0 Å². The quantitative estimate of drug-likeness (QED) is 0.894. The molecule has 2 unspecified atom stereocenters. The number of carbonyl (C=O) groups is 1. The van der Waals surface area contributed by atoms with E-state index in [1.54, 1.807) is 0 Å². The van der Waals surface area contributed by atoms with E-state index in [1.165, 1.54) is 0 Å². The minimum absolute atomic E-state index is 0.163. The van der Waals surface area contributed by atoms with Crippen LogP contribution in [-0.2, 0) is 4.79 Å². The van der Waals surface area contributed by atoms with E-state index in [4.69, 9.17) is 10.5 Å². The van der Waals surface area contributed by atoms with E-state index in [0.29, 0.717) is 18.9 Å². The molecule has 20 heavy (non-hydrogen) atoms. The highest BCUT2D eigenvalue weighted by molar-refractivity contribution is 5.76. The van der Waals surface area contributed by atoms with Crippen LogP contribution in [0.15, 0.2) is 24.3 Å². The number of nitrogens with two attached hydrogens (primary N) is 1. The van der Waals surface area contributed by atoms with Gasteiger partial charge < -0.3 is 15.4 Å². The third kappa shape index (κ3) is 3.97. The topological polar surface area (TPSA) is 55.6 Å². The Morgan fingerprint density at radius 3 is 3.00 bits per heavy atom. The molecule has 1 aliphatic heterocycles. The van der Waals surface area contributed by atoms with Gasteiger partial charge in [0.2, 0.25) is 5.91 Å². The van der Waals surface area contributed by atoms with Crippen LogP contribution in [0.3, 0.4) is 0 Å². The van der Waals surface area contributed by atoms with Gasteiger partial charge in [0.15, 0.2) is 0 Å². The van der Waals surface area contributed by atoms with Gasteiger partial charge in [-0.15, -0.1) is 0 Å². The Hall–Kier alpha value is -1.55. The molecule has 0 aromatic heterocycles. The zero-order chi connectivity index (χ0) is 14.5. The summed E-state index contributed by atoms with van der Waals surface area (Å²) in [5.74, 6) is 1.44. The van der Waals surface area contributed by atoms with E-state index in [2.05, 4.69) is 0 Å². The van der Waals surface area contributed by atoms with Crippen LogP contribution in [0.1, 0.15) is 25.3 Å². The molecule has 0 saturated carbocycles. The lowest BCUT2D eigenvalue weighted by molar-refractivity contribution is -0.130. The third-order valence-electron chi connectivity index (χ3n) is 3.90. The van der Waals surface area contributed by atoms with Crippen LogP contribution in [-0.4, -0.2) is 36.5 Å². The third-order valence-corrected chi connectivity index (χ3v) is 3.90. The summed E-state index contributed by atoms with van der Waals surface area (Å²) >= 11 is 0. The molecule has 1 fully saturated rings. The van der Waals surface area contributed by atoms with Crippen molar-refractivity contribution in [1.82, 2.24) is 4.90 Å². The standard InChI is InChI=1S/C16H24N2O2/c1-12-4-3-5-15(10-12)20-9-7-16(19)18-8-6-14(11-18)13(2)17/h3-5,10,13-14H,6-9,11,17H2,1-2H3. The van der Waals surface area contributed by atoms with Crippen molar-refractivity contribution < 1.29 is 9.53 Å². The maximum absolute atomic E-state index is 12.1. The lowest BCUT2D eigenvalue weighted by Gasteiger charge is -2.18. The van der Waals surface area contributed by atoms with Crippen LogP contribution in [0.25, 0.3) is 0 Å². The normalized spacial score (nSPS) is 19.9. The minimum atomic E-state index is 0.163. The van der Waals surface area contributed by atoms with Gasteiger partial charge >= 0.3 is 0 Å². The highest BCUT2D eigenvalue weighted by Crippen LogP contribution is 2.19. The molecule has 4 heteroatoms. The lowest BCUT2D eigenvalue weighted by Crippen LogP contribution is -2.33. The Morgan fingerprint density at radius 1 is 1.55 bits per heavy atom. The highest BCUT2D eigenvalue weighted by atomic mass is 16.5. The minimum Gasteiger partial charge on any atom is -0.493 e. The highest BCUT2D eigenvalue weighted by Gasteiger charge is 2.27. The van der Waals surface area contributed by atoms with Crippen molar-refractivity contribution >= 4 is 5.91 Å². The summed E-state index contributed by atoms with van der Waals surface area (Å²) in [6, 6.07) is 8.04. The van der Waals surface area contributed by atoms with Crippen molar-refractivity contribution in [2.45, 2.75) is 32.7 Å². The van der Waals surface area contributed by atoms with E-state index in [-0.39, 0.29) is 11.9 Å². The molecule has 2 N–H and O–H groups in total. The number of nitrogens with zero attached hydrogens (tertiary/aromatic N) is 1. The predicted molar refractivity (Wildman–Crippen MR) is 79.6 cm³/mol. The molecule has 0 radical (unpaired) electrons. The number of aryl methyl sites for hydroxylation is 1. The second-order valence-electron chi connectivity index (χ2n) is 5.66. The Kier molecular flexibility index (Phi) is 5.01. The van der Waals surface area contributed by atoms with Gasteiger partial charge in [-0.3, -0.25) is 4.79 Å². The van der Waals surface area contributed by atoms with Gasteiger partial charge in [0, 0.05) is 19.1 Å². The maximum atomic E-state index is 12.1. The first kappa shape index (κ1) is 14.9. The second kappa shape index (κ2) is 6.75. The molecule has 1 amide bonds. The molecular weight excluding hydrogens is 252 g/mol. The Labute approximate surface area is 120 Å². The molecule has 1 saturated heterocycles. The zero-order valence-corrected chi connectivity index (χ0v) is 12.3. The average molecular weight is 276 g/mol. The van der Waals surface area contributed by atoms with Crippen molar-refractivity contribution in [2.24, 2.45) is 11.7 Å². The molecule has 1 aromatic rings. The van der Waals surface area contributed by atoms with Crippen LogP contribution in [0.5, 0.6) is 5.75 Å². The molecule has 4 nitrogen and oxygen atoms in total. The molecule has 0 spiro atoms. The molecule has 0 aliphatic carbocycles. The summed E-state index contributed by atoms with van der Waals surface area (Å²) in [6.07, 6.45) is 1.45. The van der Waals surface area contributed by atoms with E-state index in [9.17, 15) is 4.79 Å². The number of amides is 1.